The number of imidazole rings is 1. The molecular formula is C27H41F3N8O4. The van der Waals surface area contributed by atoms with E-state index < -0.39 is 42.3 Å². The number of hydrogen-bond donors (Lipinski definition) is 4. The zero-order valence-electron chi connectivity index (χ0n) is 24.4. The number of aromatic nitrogens is 4. The number of likely N-dealkylation sites (N-methyl/N-ethyl adjacent to an activating group) is 1. The predicted octanol–water partition coefficient (Wildman–Crippen LogP) is 3.00. The molecule has 1 aliphatic heterocycles. The van der Waals surface area contributed by atoms with E-state index in [0.717, 1.165) is 38.8 Å². The molecule has 3 heterocycles. The molecule has 1 aliphatic carbocycles. The van der Waals surface area contributed by atoms with Gasteiger partial charge in [0.25, 0.3) is 0 Å². The molecule has 1 saturated heterocycles. The topological polar surface area (TPSA) is 147 Å². The maximum Gasteiger partial charge on any atom is 0.490 e. The number of nitrogens with zero attached hydrogens (tertiary/aromatic N) is 5. The molecule has 4 rings (SSSR count). The number of rotatable bonds is 12. The molecule has 2 aliphatic rings. The van der Waals surface area contributed by atoms with E-state index in [0.29, 0.717) is 35.5 Å². The lowest BCUT2D eigenvalue weighted by Gasteiger charge is -2.25. The molecule has 2 aromatic rings. The molecule has 12 nitrogen and oxygen atoms in total. The van der Waals surface area contributed by atoms with Crippen molar-refractivity contribution < 1.29 is 32.6 Å². The van der Waals surface area contributed by atoms with Crippen LogP contribution in [0.5, 0.6) is 0 Å². The number of nitrogens with one attached hydrogen (secondary N) is 3. The van der Waals surface area contributed by atoms with Crippen LogP contribution in [0.1, 0.15) is 72.3 Å². The fourth-order valence-corrected chi connectivity index (χ4v) is 5.83. The van der Waals surface area contributed by atoms with Gasteiger partial charge in [-0.05, 0) is 45.2 Å². The minimum atomic E-state index is -5.26. The number of esters is 1. The molecule has 0 bridgehead atoms. The first-order valence-corrected chi connectivity index (χ1v) is 14.7. The average Bonchev–Trinajstić information content (AvgIpc) is 3.68. The lowest BCUT2D eigenvalue weighted by atomic mass is 10.2. The van der Waals surface area contributed by atoms with Crippen molar-refractivity contribution in [2.24, 2.45) is 0 Å². The van der Waals surface area contributed by atoms with Gasteiger partial charge in [-0.25, -0.2) is 9.78 Å². The molecule has 4 N–H and O–H groups in total. The maximum atomic E-state index is 13.2. The van der Waals surface area contributed by atoms with Gasteiger partial charge in [0.05, 0.1) is 18.4 Å². The van der Waals surface area contributed by atoms with Gasteiger partial charge in [0.15, 0.2) is 23.1 Å². The van der Waals surface area contributed by atoms with Crippen LogP contribution in [0.2, 0.25) is 0 Å². The number of anilines is 2. The Morgan fingerprint density at radius 2 is 1.93 bits per heavy atom. The van der Waals surface area contributed by atoms with Gasteiger partial charge in [-0.3, -0.25) is 9.69 Å². The zero-order valence-corrected chi connectivity index (χ0v) is 24.4. The summed E-state index contributed by atoms with van der Waals surface area (Å²) >= 11 is 0. The molecule has 234 valence electrons. The number of carbonyl (C=O) groups is 2. The van der Waals surface area contributed by atoms with Gasteiger partial charge >= 0.3 is 12.1 Å². The van der Waals surface area contributed by atoms with E-state index in [1.54, 1.807) is 6.92 Å². The second kappa shape index (κ2) is 13.4. The standard InChI is InChI=1S/C27H41F3N8O4/c1-5-15(6-2)33-23-20-24(36-26(35-23)31-13-16-10-9-11-37(16)8-4)38(14-32-20)18-12-17(34-19(39)7-3)21(40)22(18)42-25(41)27(28,29)30/h14-18,21-22,40H,5-13H2,1-4H3,(H,34,39)(H2,31,33,35,36)/t16-,17+,18-,21-,22+/m1/s1. The number of aliphatic hydroxyl groups excluding tert-OH is 1. The number of ether oxygens (including phenoxy) is 1. The monoisotopic (exact) mass is 598 g/mol. The van der Waals surface area contributed by atoms with Gasteiger partial charge in [0.2, 0.25) is 11.9 Å². The third kappa shape index (κ3) is 6.88. The Morgan fingerprint density at radius 3 is 2.57 bits per heavy atom. The summed E-state index contributed by atoms with van der Waals surface area (Å²) < 4.78 is 45.9. The number of carbonyl (C=O) groups excluding carboxylic acids is 2. The highest BCUT2D eigenvalue weighted by Gasteiger charge is 2.51. The van der Waals surface area contributed by atoms with Crippen molar-refractivity contribution in [2.75, 3.05) is 30.3 Å². The summed E-state index contributed by atoms with van der Waals surface area (Å²) in [4.78, 5) is 40.2. The van der Waals surface area contributed by atoms with Crippen LogP contribution in [0.3, 0.4) is 0 Å². The minimum Gasteiger partial charge on any atom is -0.451 e. The van der Waals surface area contributed by atoms with Crippen LogP contribution in [0.4, 0.5) is 24.9 Å². The normalized spacial score (nSPS) is 24.8. The van der Waals surface area contributed by atoms with E-state index in [9.17, 15) is 27.9 Å². The summed E-state index contributed by atoms with van der Waals surface area (Å²) in [6.45, 7) is 10.4. The number of amides is 1. The summed E-state index contributed by atoms with van der Waals surface area (Å²) in [6.07, 6.45) is -3.18. The highest BCUT2D eigenvalue weighted by atomic mass is 19.4. The van der Waals surface area contributed by atoms with Crippen LogP contribution in [-0.2, 0) is 14.3 Å². The van der Waals surface area contributed by atoms with Crippen molar-refractivity contribution in [1.82, 2.24) is 29.7 Å². The van der Waals surface area contributed by atoms with Gasteiger partial charge in [-0.15, -0.1) is 0 Å². The van der Waals surface area contributed by atoms with Gasteiger partial charge in [0.1, 0.15) is 6.10 Å². The Bertz CT molecular complexity index is 1240. The Hall–Kier alpha value is -3.20. The molecule has 1 saturated carbocycles. The van der Waals surface area contributed by atoms with Crippen molar-refractivity contribution in [2.45, 2.75) is 109 Å². The maximum absolute atomic E-state index is 13.2. The quantitative estimate of drug-likeness (QED) is 0.269. The van der Waals surface area contributed by atoms with Crippen molar-refractivity contribution >= 4 is 34.8 Å². The van der Waals surface area contributed by atoms with E-state index in [-0.39, 0.29) is 18.9 Å². The highest BCUT2D eigenvalue weighted by molar-refractivity contribution is 5.84. The zero-order chi connectivity index (χ0) is 30.6. The second-order valence-corrected chi connectivity index (χ2v) is 10.9. The first kappa shape index (κ1) is 31.7. The summed E-state index contributed by atoms with van der Waals surface area (Å²) in [7, 11) is 0. The summed E-state index contributed by atoms with van der Waals surface area (Å²) in [6, 6.07) is -1.54. The van der Waals surface area contributed by atoms with Crippen molar-refractivity contribution in [3.63, 3.8) is 0 Å². The minimum absolute atomic E-state index is 0.0101. The summed E-state index contributed by atoms with van der Waals surface area (Å²) in [5.74, 6) is -2.03. The number of fused-ring (bicyclic) bond motifs is 1. The van der Waals surface area contributed by atoms with Gasteiger partial charge < -0.3 is 30.4 Å². The largest absolute Gasteiger partial charge is 0.490 e. The molecule has 1 amide bonds. The number of alkyl halides is 3. The number of hydrogen-bond acceptors (Lipinski definition) is 10. The van der Waals surface area contributed by atoms with Crippen LogP contribution >= 0.6 is 0 Å². The molecule has 0 aromatic carbocycles. The van der Waals surface area contributed by atoms with E-state index >= 15 is 0 Å². The molecule has 15 heteroatoms. The van der Waals surface area contributed by atoms with Gasteiger partial charge in [-0.1, -0.05) is 27.7 Å². The average molecular weight is 599 g/mol. The number of halogens is 3. The molecule has 0 spiro atoms. The third-order valence-electron chi connectivity index (χ3n) is 8.27. The second-order valence-electron chi connectivity index (χ2n) is 10.9. The Labute approximate surface area is 242 Å². The fraction of sp³-hybridized carbons (Fsp3) is 0.741. The first-order chi connectivity index (χ1) is 20.0. The fourth-order valence-electron chi connectivity index (χ4n) is 5.83. The van der Waals surface area contributed by atoms with Crippen LogP contribution in [0.15, 0.2) is 6.33 Å². The number of likely N-dealkylation sites (tertiary alicyclic amines) is 1. The molecule has 5 atom stereocenters. The summed E-state index contributed by atoms with van der Waals surface area (Å²) in [5, 5.41) is 20.3. The van der Waals surface area contributed by atoms with Crippen LogP contribution < -0.4 is 16.0 Å². The van der Waals surface area contributed by atoms with E-state index in [4.69, 9.17) is 9.72 Å². The molecule has 0 radical (unpaired) electrons. The molecule has 2 aromatic heterocycles. The van der Waals surface area contributed by atoms with Crippen LogP contribution in [0, 0.1) is 0 Å². The third-order valence-corrected chi connectivity index (χ3v) is 8.27. The molecule has 0 unspecified atom stereocenters. The van der Waals surface area contributed by atoms with E-state index in [2.05, 4.69) is 37.7 Å². The van der Waals surface area contributed by atoms with Gasteiger partial charge in [0, 0.05) is 25.0 Å². The van der Waals surface area contributed by atoms with Gasteiger partial charge in [-0.2, -0.15) is 23.1 Å². The number of aliphatic hydroxyl groups is 1. The van der Waals surface area contributed by atoms with E-state index in [1.165, 1.54) is 10.9 Å². The molecular weight excluding hydrogens is 557 g/mol. The molecule has 42 heavy (non-hydrogen) atoms. The predicted molar refractivity (Wildman–Crippen MR) is 150 cm³/mol. The van der Waals surface area contributed by atoms with Crippen molar-refractivity contribution in [1.29, 1.82) is 0 Å². The highest BCUT2D eigenvalue weighted by Crippen LogP contribution is 2.37. The van der Waals surface area contributed by atoms with Crippen molar-refractivity contribution in [3.05, 3.63) is 6.33 Å². The SMILES string of the molecule is CCC(=O)N[C@H]1C[C@@H](n2cnc3c(NC(CC)CC)nc(NC[C@H]4CCCN4CC)nc32)[C@H](OC(=O)C(F)(F)F)[C@@H]1O. The molecule has 2 fully saturated rings. The lowest BCUT2D eigenvalue weighted by molar-refractivity contribution is -0.209. The van der Waals surface area contributed by atoms with Crippen LogP contribution in [0.25, 0.3) is 11.2 Å². The van der Waals surface area contributed by atoms with E-state index in [1.807, 2.05) is 13.8 Å². The van der Waals surface area contributed by atoms with Crippen molar-refractivity contribution in [3.8, 4) is 0 Å². The van der Waals surface area contributed by atoms with Crippen LogP contribution in [-0.4, -0.2) is 97.5 Å². The lowest BCUT2D eigenvalue weighted by Crippen LogP contribution is -2.45. The Morgan fingerprint density at radius 1 is 1.19 bits per heavy atom. The Balaban J connectivity index is 1.73. The smallest absolute Gasteiger partial charge is 0.451 e. The Kier molecular flexibility index (Phi) is 10.1. The first-order valence-electron chi connectivity index (χ1n) is 14.7. The summed E-state index contributed by atoms with van der Waals surface area (Å²) in [5.41, 5.74) is 0.687.